The Balaban J connectivity index is 2.64. The van der Waals surface area contributed by atoms with Gasteiger partial charge in [0, 0.05) is 5.39 Å². The molecule has 90 valence electrons. The molecular weight excluding hydrogens is 259 g/mol. The molecule has 17 heavy (non-hydrogen) atoms. The zero-order valence-corrected chi connectivity index (χ0v) is 8.88. The lowest BCUT2D eigenvalue weighted by atomic mass is 10.2. The van der Waals surface area contributed by atoms with Gasteiger partial charge in [0.15, 0.2) is 5.75 Å². The number of nitrogen functional groups attached to an aromatic ring is 1. The average molecular weight is 264 g/mol. The van der Waals surface area contributed by atoms with Crippen molar-refractivity contribution in [3.63, 3.8) is 0 Å². The van der Waals surface area contributed by atoms with Crippen molar-refractivity contribution in [3.05, 3.63) is 23.5 Å². The maximum absolute atomic E-state index is 12.1. The number of nitrogens with zero attached hydrogens (tertiary/aromatic N) is 2. The van der Waals surface area contributed by atoms with Crippen molar-refractivity contribution in [2.24, 2.45) is 0 Å². The lowest BCUT2D eigenvalue weighted by Gasteiger charge is -2.11. The predicted octanol–water partition coefficient (Wildman–Crippen LogP) is 2.76. The summed E-state index contributed by atoms with van der Waals surface area (Å²) < 4.78 is 40.2. The molecule has 0 aliphatic carbocycles. The minimum atomic E-state index is -4.81. The van der Waals surface area contributed by atoms with E-state index >= 15 is 0 Å². The van der Waals surface area contributed by atoms with Crippen LogP contribution >= 0.6 is 11.6 Å². The standard InChI is InChI=1S/C9H5ClF3N3O/c10-8-15-6-4(7(14)16-8)2-1-3-5(6)17-9(11,12)13/h1-3H,(H2,14,15,16). The Bertz CT molecular complexity index is 573. The number of halogens is 4. The third kappa shape index (κ3) is 2.50. The van der Waals surface area contributed by atoms with Crippen molar-refractivity contribution in [1.29, 1.82) is 0 Å². The molecule has 4 nitrogen and oxygen atoms in total. The molecule has 8 heteroatoms. The number of alkyl halides is 3. The zero-order chi connectivity index (χ0) is 12.6. The highest BCUT2D eigenvalue weighted by Gasteiger charge is 2.32. The lowest BCUT2D eigenvalue weighted by Crippen LogP contribution is -2.17. The molecule has 0 fully saturated rings. The SMILES string of the molecule is Nc1nc(Cl)nc2c(OC(F)(F)F)cccc12. The predicted molar refractivity (Wildman–Crippen MR) is 55.6 cm³/mol. The number of aromatic nitrogens is 2. The van der Waals surface area contributed by atoms with E-state index in [2.05, 4.69) is 14.7 Å². The van der Waals surface area contributed by atoms with Gasteiger partial charge in [-0.25, -0.2) is 9.97 Å². The van der Waals surface area contributed by atoms with E-state index in [9.17, 15) is 13.2 Å². The van der Waals surface area contributed by atoms with Crippen LogP contribution in [0.3, 0.4) is 0 Å². The monoisotopic (exact) mass is 263 g/mol. The summed E-state index contributed by atoms with van der Waals surface area (Å²) in [4.78, 5) is 7.30. The normalized spacial score (nSPS) is 11.8. The molecule has 0 aliphatic rings. The highest BCUT2D eigenvalue weighted by Crippen LogP contribution is 2.31. The second-order valence-corrected chi connectivity index (χ2v) is 3.42. The van der Waals surface area contributed by atoms with E-state index < -0.39 is 12.1 Å². The molecule has 0 bridgehead atoms. The Kier molecular flexibility index (Phi) is 2.70. The first kappa shape index (κ1) is 11.7. The van der Waals surface area contributed by atoms with E-state index in [-0.39, 0.29) is 22.0 Å². The van der Waals surface area contributed by atoms with Crippen LogP contribution in [-0.2, 0) is 0 Å². The number of hydrogen-bond donors (Lipinski definition) is 1. The molecule has 2 aromatic rings. The minimum Gasteiger partial charge on any atom is -0.403 e. The van der Waals surface area contributed by atoms with Gasteiger partial charge < -0.3 is 10.5 Å². The number of nitrogens with two attached hydrogens (primary N) is 1. The van der Waals surface area contributed by atoms with Gasteiger partial charge in [0.2, 0.25) is 5.28 Å². The molecular formula is C9H5ClF3N3O. The summed E-state index contributed by atoms with van der Waals surface area (Å²) >= 11 is 5.53. The summed E-state index contributed by atoms with van der Waals surface area (Å²) in [5, 5.41) is 0.00405. The largest absolute Gasteiger partial charge is 0.573 e. The maximum atomic E-state index is 12.1. The Labute approximate surface area is 98.2 Å². The van der Waals surface area contributed by atoms with E-state index in [0.29, 0.717) is 0 Å². The number of benzene rings is 1. The van der Waals surface area contributed by atoms with Gasteiger partial charge in [0.05, 0.1) is 0 Å². The van der Waals surface area contributed by atoms with Crippen LogP contribution in [0.1, 0.15) is 0 Å². The second kappa shape index (κ2) is 3.92. The van der Waals surface area contributed by atoms with Crippen LogP contribution in [0.4, 0.5) is 19.0 Å². The fourth-order valence-electron chi connectivity index (χ4n) is 1.33. The molecule has 2 N–H and O–H groups in total. The number of anilines is 1. The number of rotatable bonds is 1. The Morgan fingerprint density at radius 2 is 1.94 bits per heavy atom. The van der Waals surface area contributed by atoms with E-state index in [0.717, 1.165) is 6.07 Å². The van der Waals surface area contributed by atoms with Crippen molar-refractivity contribution in [2.45, 2.75) is 6.36 Å². The second-order valence-electron chi connectivity index (χ2n) is 3.08. The fourth-order valence-corrected chi connectivity index (χ4v) is 1.50. The van der Waals surface area contributed by atoms with Crippen LogP contribution < -0.4 is 10.5 Å². The molecule has 0 amide bonds. The topological polar surface area (TPSA) is 61.0 Å². The van der Waals surface area contributed by atoms with Gasteiger partial charge in [-0.05, 0) is 23.7 Å². The third-order valence-electron chi connectivity index (χ3n) is 1.92. The summed E-state index contributed by atoms with van der Waals surface area (Å²) in [5.74, 6) is -0.473. The first-order valence-electron chi connectivity index (χ1n) is 4.34. The molecule has 0 atom stereocenters. The van der Waals surface area contributed by atoms with Crippen molar-refractivity contribution in [3.8, 4) is 5.75 Å². The summed E-state index contributed by atoms with van der Waals surface area (Å²) in [7, 11) is 0. The zero-order valence-electron chi connectivity index (χ0n) is 8.12. The van der Waals surface area contributed by atoms with Gasteiger partial charge >= 0.3 is 6.36 Å². The Hall–Kier alpha value is -1.76. The number of fused-ring (bicyclic) bond motifs is 1. The average Bonchev–Trinajstić information content (AvgIpc) is 2.17. The third-order valence-corrected chi connectivity index (χ3v) is 2.09. The van der Waals surface area contributed by atoms with Crippen molar-refractivity contribution >= 4 is 28.3 Å². The van der Waals surface area contributed by atoms with Gasteiger partial charge in [-0.15, -0.1) is 13.2 Å². The summed E-state index contributed by atoms with van der Waals surface area (Å²) in [6.45, 7) is 0. The maximum Gasteiger partial charge on any atom is 0.573 e. The lowest BCUT2D eigenvalue weighted by molar-refractivity contribution is -0.274. The van der Waals surface area contributed by atoms with Gasteiger partial charge in [-0.2, -0.15) is 0 Å². The molecule has 0 unspecified atom stereocenters. The van der Waals surface area contributed by atoms with Crippen LogP contribution in [0.25, 0.3) is 10.9 Å². The van der Waals surface area contributed by atoms with Gasteiger partial charge in [0.1, 0.15) is 11.3 Å². The highest BCUT2D eigenvalue weighted by atomic mass is 35.5. The molecule has 0 saturated heterocycles. The number of para-hydroxylation sites is 1. The quantitative estimate of drug-likeness (QED) is 0.804. The van der Waals surface area contributed by atoms with Gasteiger partial charge in [-0.3, -0.25) is 0 Å². The van der Waals surface area contributed by atoms with E-state index in [4.69, 9.17) is 17.3 Å². The molecule has 0 saturated carbocycles. The van der Waals surface area contributed by atoms with Gasteiger partial charge in [-0.1, -0.05) is 6.07 Å². The fraction of sp³-hybridized carbons (Fsp3) is 0.111. The molecule has 2 rings (SSSR count). The van der Waals surface area contributed by atoms with E-state index in [1.807, 2.05) is 0 Å². The molecule has 1 heterocycles. The first-order chi connectivity index (χ1) is 7.87. The van der Waals surface area contributed by atoms with E-state index in [1.54, 1.807) is 0 Å². The smallest absolute Gasteiger partial charge is 0.403 e. The molecule has 1 aromatic carbocycles. The van der Waals surface area contributed by atoms with Crippen LogP contribution in [0, 0.1) is 0 Å². The highest BCUT2D eigenvalue weighted by molar-refractivity contribution is 6.28. The molecule has 0 radical (unpaired) electrons. The van der Waals surface area contributed by atoms with Crippen LogP contribution in [-0.4, -0.2) is 16.3 Å². The van der Waals surface area contributed by atoms with Crippen molar-refractivity contribution in [1.82, 2.24) is 9.97 Å². The molecule has 0 spiro atoms. The Morgan fingerprint density at radius 3 is 2.59 bits per heavy atom. The first-order valence-corrected chi connectivity index (χ1v) is 4.72. The van der Waals surface area contributed by atoms with Crippen LogP contribution in [0.15, 0.2) is 18.2 Å². The van der Waals surface area contributed by atoms with Crippen LogP contribution in [0.5, 0.6) is 5.75 Å². The molecule has 0 aliphatic heterocycles. The number of hydrogen-bond acceptors (Lipinski definition) is 4. The van der Waals surface area contributed by atoms with E-state index in [1.165, 1.54) is 12.1 Å². The Morgan fingerprint density at radius 1 is 1.24 bits per heavy atom. The molecule has 1 aromatic heterocycles. The summed E-state index contributed by atoms with van der Waals surface area (Å²) in [6.07, 6.45) is -4.81. The summed E-state index contributed by atoms with van der Waals surface area (Å²) in [5.41, 5.74) is 5.44. The van der Waals surface area contributed by atoms with Crippen molar-refractivity contribution < 1.29 is 17.9 Å². The summed E-state index contributed by atoms with van der Waals surface area (Å²) in [6, 6.07) is 3.96. The minimum absolute atomic E-state index is 0.00683. The number of ether oxygens (including phenoxy) is 1. The van der Waals surface area contributed by atoms with Crippen LogP contribution in [0.2, 0.25) is 5.28 Å². The van der Waals surface area contributed by atoms with Crippen molar-refractivity contribution in [2.75, 3.05) is 5.73 Å². The van der Waals surface area contributed by atoms with Gasteiger partial charge in [0.25, 0.3) is 0 Å².